The molecule has 6 nitrogen and oxygen atoms in total. The van der Waals surface area contributed by atoms with Crippen LogP contribution in [0.25, 0.3) is 6.08 Å². The van der Waals surface area contributed by atoms with Crippen LogP contribution in [-0.2, 0) is 23.2 Å². The maximum Gasteiger partial charge on any atom is 0.309 e. The van der Waals surface area contributed by atoms with E-state index in [1.54, 1.807) is 11.3 Å². The number of allylic oxidation sites excluding steroid dienone is 1. The standard InChI is InChI=1S/C39H69NO5SSi2/c1-26-19-18-20-27(2)35(45-48(16,17)38(9,10)11)29(4)36(42)39(12,13)33(44-47(14,15)37(6,7)8)24-34(41)43-32(22-21-26)28(3)23-31-25-46-30(5)40-31/h21,23,25,27,29,32-33,35H,18-20,22,24H2,1-17H3/b26-21+,28-23+/t27-,29+,32-,33-,35-/m0/s1. The van der Waals surface area contributed by atoms with Gasteiger partial charge in [0.15, 0.2) is 16.6 Å². The van der Waals surface area contributed by atoms with Crippen molar-refractivity contribution < 1.29 is 23.2 Å². The lowest BCUT2D eigenvalue weighted by Gasteiger charge is -2.46. The van der Waals surface area contributed by atoms with Gasteiger partial charge in [-0.1, -0.05) is 80.9 Å². The van der Waals surface area contributed by atoms with E-state index in [9.17, 15) is 9.59 Å². The van der Waals surface area contributed by atoms with Gasteiger partial charge in [-0.15, -0.1) is 11.3 Å². The van der Waals surface area contributed by atoms with E-state index in [1.807, 2.05) is 46.1 Å². The van der Waals surface area contributed by atoms with Crippen molar-refractivity contribution in [2.75, 3.05) is 0 Å². The molecule has 0 unspecified atom stereocenters. The van der Waals surface area contributed by atoms with Gasteiger partial charge in [-0.2, -0.15) is 0 Å². The number of ketones is 1. The lowest BCUT2D eigenvalue weighted by Crippen LogP contribution is -2.54. The van der Waals surface area contributed by atoms with E-state index in [0.717, 1.165) is 35.5 Å². The molecule has 1 aromatic rings. The molecule has 1 aliphatic heterocycles. The van der Waals surface area contributed by atoms with Gasteiger partial charge in [-0.3, -0.25) is 9.59 Å². The Morgan fingerprint density at radius 2 is 1.56 bits per heavy atom. The number of carbonyl (C=O) groups excluding carboxylic acids is 2. The van der Waals surface area contributed by atoms with Crippen molar-refractivity contribution in [3.63, 3.8) is 0 Å². The van der Waals surface area contributed by atoms with Crippen molar-refractivity contribution in [3.05, 3.63) is 33.3 Å². The molecule has 0 fully saturated rings. The summed E-state index contributed by atoms with van der Waals surface area (Å²) in [6.07, 6.45) is 6.45. The Morgan fingerprint density at radius 1 is 1.00 bits per heavy atom. The predicted octanol–water partition coefficient (Wildman–Crippen LogP) is 11.3. The summed E-state index contributed by atoms with van der Waals surface area (Å²) >= 11 is 1.61. The van der Waals surface area contributed by atoms with Crippen molar-refractivity contribution >= 4 is 45.8 Å². The minimum atomic E-state index is -2.39. The number of aryl methyl sites for hydroxylation is 1. The van der Waals surface area contributed by atoms with E-state index in [0.29, 0.717) is 6.42 Å². The van der Waals surface area contributed by atoms with Crippen LogP contribution in [0.5, 0.6) is 0 Å². The summed E-state index contributed by atoms with van der Waals surface area (Å²) < 4.78 is 20.5. The van der Waals surface area contributed by atoms with Crippen molar-refractivity contribution in [1.82, 2.24) is 4.98 Å². The summed E-state index contributed by atoms with van der Waals surface area (Å²) in [5, 5.41) is 2.94. The Balaban J connectivity index is 2.66. The number of hydrogen-bond acceptors (Lipinski definition) is 7. The average Bonchev–Trinajstić information content (AvgIpc) is 3.34. The summed E-state index contributed by atoms with van der Waals surface area (Å²) in [6.45, 7) is 36.6. The number of hydrogen-bond donors (Lipinski definition) is 0. The molecule has 0 bridgehead atoms. The number of nitrogens with zero attached hydrogens (tertiary/aromatic N) is 1. The topological polar surface area (TPSA) is 74.7 Å². The van der Waals surface area contributed by atoms with Crippen molar-refractivity contribution in [3.8, 4) is 0 Å². The van der Waals surface area contributed by atoms with E-state index in [2.05, 4.69) is 92.6 Å². The zero-order valence-electron chi connectivity index (χ0n) is 33.6. The van der Waals surface area contributed by atoms with E-state index in [4.69, 9.17) is 13.6 Å². The highest BCUT2D eigenvalue weighted by Gasteiger charge is 2.50. The highest BCUT2D eigenvalue weighted by Crippen LogP contribution is 2.44. The molecule has 274 valence electrons. The largest absolute Gasteiger partial charge is 0.457 e. The highest BCUT2D eigenvalue weighted by atomic mass is 32.1. The second kappa shape index (κ2) is 16.3. The second-order valence-corrected chi connectivity index (χ2v) is 28.7. The van der Waals surface area contributed by atoms with Gasteiger partial charge in [0.05, 0.1) is 29.3 Å². The number of rotatable bonds is 6. The lowest BCUT2D eigenvalue weighted by atomic mass is 9.73. The maximum absolute atomic E-state index is 14.8. The molecule has 2 rings (SSSR count). The Bertz CT molecular complexity index is 1310. The van der Waals surface area contributed by atoms with Gasteiger partial charge < -0.3 is 13.6 Å². The predicted molar refractivity (Wildman–Crippen MR) is 208 cm³/mol. The van der Waals surface area contributed by atoms with Crippen LogP contribution >= 0.6 is 11.3 Å². The van der Waals surface area contributed by atoms with Gasteiger partial charge in [-0.05, 0) is 93.9 Å². The van der Waals surface area contributed by atoms with E-state index in [1.165, 1.54) is 5.57 Å². The monoisotopic (exact) mass is 719 g/mol. The fraction of sp³-hybridized carbons (Fsp3) is 0.769. The van der Waals surface area contributed by atoms with Crippen molar-refractivity contribution in [2.24, 2.45) is 17.3 Å². The summed E-state index contributed by atoms with van der Waals surface area (Å²) in [7, 11) is -4.58. The van der Waals surface area contributed by atoms with Crippen LogP contribution in [0.3, 0.4) is 0 Å². The minimum absolute atomic E-state index is 0.00354. The fourth-order valence-corrected chi connectivity index (χ4v) is 9.32. The SMILES string of the molecule is C/C1=C\C[C@@H](/C(C)=C/c2csc(C)n2)OC(=O)C[C@H](O[Si](C)(C)C(C)(C)C)C(C)(C)C(=O)[C@H](C)[C@@H](O[Si](C)(C)C(C)(C)C)[C@@H](C)CCC1. The lowest BCUT2D eigenvalue weighted by molar-refractivity contribution is -0.153. The van der Waals surface area contributed by atoms with Gasteiger partial charge in [0.1, 0.15) is 11.9 Å². The van der Waals surface area contributed by atoms with E-state index in [-0.39, 0.29) is 46.2 Å². The first-order valence-electron chi connectivity index (χ1n) is 18.0. The minimum Gasteiger partial charge on any atom is -0.457 e. The molecule has 5 atom stereocenters. The first-order valence-corrected chi connectivity index (χ1v) is 24.7. The summed E-state index contributed by atoms with van der Waals surface area (Å²) in [4.78, 5) is 33.4. The van der Waals surface area contributed by atoms with Crippen molar-refractivity contribution in [1.29, 1.82) is 0 Å². The molecule has 0 N–H and O–H groups in total. The third-order valence-corrected chi connectivity index (χ3v) is 21.2. The summed E-state index contributed by atoms with van der Waals surface area (Å²) in [5.41, 5.74) is 2.15. The molecule has 9 heteroatoms. The molecule has 1 aliphatic rings. The van der Waals surface area contributed by atoms with Crippen LogP contribution in [0.4, 0.5) is 0 Å². The molecule has 1 aromatic heterocycles. The molecule has 0 spiro atoms. The maximum atomic E-state index is 14.8. The van der Waals surface area contributed by atoms with Crippen LogP contribution in [0.2, 0.25) is 36.3 Å². The molecule has 0 amide bonds. The Kier molecular flexibility index (Phi) is 14.5. The molecule has 0 radical (unpaired) electrons. The van der Waals surface area contributed by atoms with Crippen LogP contribution in [0, 0.1) is 24.2 Å². The average molecular weight is 720 g/mol. The third-order valence-electron chi connectivity index (χ3n) is 11.4. The first-order chi connectivity index (χ1) is 21.7. The van der Waals surface area contributed by atoms with Crippen LogP contribution in [-0.4, -0.2) is 51.7 Å². The quantitative estimate of drug-likeness (QED) is 0.165. The van der Waals surface area contributed by atoms with Gasteiger partial charge in [0.25, 0.3) is 0 Å². The number of Topliss-reactive ketones (excluding diaryl/α,β-unsaturated/α-hetero) is 1. The van der Waals surface area contributed by atoms with Crippen LogP contribution in [0.15, 0.2) is 22.6 Å². The fourth-order valence-electron chi connectivity index (χ4n) is 5.83. The Labute approximate surface area is 300 Å². The first kappa shape index (κ1) is 42.8. The highest BCUT2D eigenvalue weighted by molar-refractivity contribution is 7.09. The van der Waals surface area contributed by atoms with Gasteiger partial charge in [0.2, 0.25) is 0 Å². The Morgan fingerprint density at radius 3 is 2.08 bits per heavy atom. The zero-order chi connectivity index (χ0) is 37.0. The molecule has 0 aromatic carbocycles. The second-order valence-electron chi connectivity index (χ2n) is 18.1. The zero-order valence-corrected chi connectivity index (χ0v) is 36.4. The molecule has 0 aliphatic carbocycles. The molecule has 48 heavy (non-hydrogen) atoms. The normalized spacial score (nSPS) is 27.7. The van der Waals surface area contributed by atoms with Crippen molar-refractivity contribution in [2.45, 2.75) is 177 Å². The Hall–Kier alpha value is -1.40. The number of thiazole rings is 1. The third kappa shape index (κ3) is 11.3. The van der Waals surface area contributed by atoms with Gasteiger partial charge >= 0.3 is 5.97 Å². The van der Waals surface area contributed by atoms with E-state index >= 15 is 0 Å². The molecular formula is C39H69NO5SSi2. The number of cyclic esters (lactones) is 1. The van der Waals surface area contributed by atoms with Gasteiger partial charge in [0, 0.05) is 23.1 Å². The van der Waals surface area contributed by atoms with E-state index < -0.39 is 34.3 Å². The van der Waals surface area contributed by atoms with Crippen LogP contribution < -0.4 is 0 Å². The van der Waals surface area contributed by atoms with Gasteiger partial charge in [-0.25, -0.2) is 4.98 Å². The van der Waals surface area contributed by atoms with Crippen LogP contribution in [0.1, 0.15) is 126 Å². The molecular weight excluding hydrogens is 651 g/mol. The summed E-state index contributed by atoms with van der Waals surface area (Å²) in [6, 6.07) is 0. The summed E-state index contributed by atoms with van der Waals surface area (Å²) in [5.74, 6) is -0.433. The molecule has 0 saturated carbocycles. The molecule has 0 saturated heterocycles. The number of aromatic nitrogens is 1. The molecule has 2 heterocycles. The number of ether oxygens (including phenoxy) is 1. The smallest absolute Gasteiger partial charge is 0.309 e. The number of carbonyl (C=O) groups is 2. The number of esters is 1.